The normalized spacial score (nSPS) is 10.9. The first-order chi connectivity index (χ1) is 9.38. The third-order valence-electron chi connectivity index (χ3n) is 1.23. The molecule has 0 rings (SSSR count). The van der Waals surface area contributed by atoms with Gasteiger partial charge in [0.2, 0.25) is 0 Å². The summed E-state index contributed by atoms with van der Waals surface area (Å²) in [5.74, 6) is -0.500. The van der Waals surface area contributed by atoms with Gasteiger partial charge >= 0.3 is 0 Å². The number of aliphatic hydroxyl groups is 2. The Morgan fingerprint density at radius 3 is 0.909 bits per heavy atom. The second-order valence-corrected chi connectivity index (χ2v) is 4.16. The van der Waals surface area contributed by atoms with Crippen molar-refractivity contribution in [1.82, 2.24) is 0 Å². The maximum absolute atomic E-state index is 10.0. The number of allylic oxidation sites excluding steroid dienone is 6. The van der Waals surface area contributed by atoms with Gasteiger partial charge < -0.3 is 15.3 Å². The zero-order valence-corrected chi connectivity index (χ0v) is 17.9. The van der Waals surface area contributed by atoms with E-state index in [1.165, 1.54) is 53.7 Å². The van der Waals surface area contributed by atoms with Gasteiger partial charge in [-0.25, -0.2) is 0 Å². The molecule has 6 nitrogen and oxygen atoms in total. The summed E-state index contributed by atoms with van der Waals surface area (Å²) in [6.07, 6.45) is 3.39. The van der Waals surface area contributed by atoms with Gasteiger partial charge in [0, 0.05) is 43.3 Å². The topological polar surface area (TPSA) is 115 Å². The molecule has 0 fully saturated rings. The van der Waals surface area contributed by atoms with E-state index >= 15 is 0 Å². The fraction of sp³-hybridized carbons (Fsp3) is 0.400. The molecule has 0 bridgehead atoms. The van der Waals surface area contributed by atoms with Crippen LogP contribution in [0.3, 0.4) is 0 Å². The van der Waals surface area contributed by atoms with Gasteiger partial charge in [-0.2, -0.15) is 0 Å². The number of carbonyl (C=O) groups is 3. The Morgan fingerprint density at radius 2 is 0.909 bits per heavy atom. The number of hydrogen-bond acceptors (Lipinski definition) is 6. The molecule has 0 aliphatic rings. The first kappa shape index (κ1) is 28.8. The Hall–Kier alpha value is -1.32. The average Bonchev–Trinajstić information content (AvgIpc) is 2.10. The molecule has 0 atom stereocenters. The van der Waals surface area contributed by atoms with E-state index in [1.807, 2.05) is 0 Å². The minimum Gasteiger partial charge on any atom is -0.876 e. The smallest absolute Gasteiger partial charge is 0.155 e. The monoisotopic (exact) mass is 537 g/mol. The van der Waals surface area contributed by atoms with E-state index < -0.39 is 0 Å². The molecule has 0 unspecified atom stereocenters. The first-order valence-corrected chi connectivity index (χ1v) is 6.00. The molecule has 0 aromatic carbocycles. The van der Waals surface area contributed by atoms with Crippen molar-refractivity contribution in [2.45, 2.75) is 41.5 Å². The Balaban J connectivity index is -0.000000108. The molecule has 124 valence electrons. The summed E-state index contributed by atoms with van der Waals surface area (Å²) in [7, 11) is 0. The number of carbonyl (C=O) groups excluding carboxylic acids is 3. The van der Waals surface area contributed by atoms with Gasteiger partial charge in [0.25, 0.3) is 0 Å². The van der Waals surface area contributed by atoms with Crippen LogP contribution in [0.1, 0.15) is 41.5 Å². The molecule has 0 radical (unpaired) electrons. The molecule has 7 heteroatoms. The van der Waals surface area contributed by atoms with Crippen molar-refractivity contribution in [3.05, 3.63) is 35.5 Å². The van der Waals surface area contributed by atoms with Crippen molar-refractivity contribution in [3.8, 4) is 0 Å². The van der Waals surface area contributed by atoms with Crippen LogP contribution >= 0.6 is 0 Å². The molecule has 0 aromatic heterocycles. The predicted octanol–water partition coefficient (Wildman–Crippen LogP) is 1.91. The van der Waals surface area contributed by atoms with Gasteiger partial charge in [0.15, 0.2) is 17.3 Å². The first-order valence-electron chi connectivity index (χ1n) is 6.00. The van der Waals surface area contributed by atoms with E-state index in [0.717, 1.165) is 6.08 Å². The molecule has 0 saturated carbocycles. The van der Waals surface area contributed by atoms with Crippen LogP contribution in [0.4, 0.5) is 0 Å². The minimum atomic E-state index is -0.187. The van der Waals surface area contributed by atoms with Crippen molar-refractivity contribution in [3.63, 3.8) is 0 Å². The molecule has 0 aliphatic heterocycles. The zero-order valence-electron chi connectivity index (χ0n) is 13.8. The molecule has 0 saturated heterocycles. The van der Waals surface area contributed by atoms with E-state index in [4.69, 9.17) is 10.2 Å². The summed E-state index contributed by atoms with van der Waals surface area (Å²) in [5.41, 5.74) is 0. The van der Waals surface area contributed by atoms with Crippen LogP contribution in [0.15, 0.2) is 35.5 Å². The quantitative estimate of drug-likeness (QED) is 0.420. The molecular formula is C15H23O6U-. The van der Waals surface area contributed by atoms with Crippen molar-refractivity contribution in [2.75, 3.05) is 0 Å². The summed E-state index contributed by atoms with van der Waals surface area (Å²) in [6, 6.07) is 0. The fourth-order valence-corrected chi connectivity index (χ4v) is 0.875. The van der Waals surface area contributed by atoms with Crippen LogP contribution in [0.5, 0.6) is 0 Å². The van der Waals surface area contributed by atoms with E-state index in [1.54, 1.807) is 0 Å². The van der Waals surface area contributed by atoms with E-state index in [-0.39, 0.29) is 65.7 Å². The molecular weight excluding hydrogens is 514 g/mol. The Labute approximate surface area is 155 Å². The van der Waals surface area contributed by atoms with Crippen LogP contribution in [-0.2, 0) is 14.4 Å². The van der Waals surface area contributed by atoms with Gasteiger partial charge in [-0.3, -0.25) is 14.4 Å². The molecule has 2 N–H and O–H groups in total. The van der Waals surface area contributed by atoms with Crippen LogP contribution in [0, 0.1) is 31.1 Å². The second-order valence-electron chi connectivity index (χ2n) is 4.16. The largest absolute Gasteiger partial charge is 0.876 e. The van der Waals surface area contributed by atoms with E-state index in [9.17, 15) is 19.5 Å². The van der Waals surface area contributed by atoms with Crippen LogP contribution < -0.4 is 5.11 Å². The predicted molar refractivity (Wildman–Crippen MR) is 78.6 cm³/mol. The maximum Gasteiger partial charge on any atom is 0.155 e. The van der Waals surface area contributed by atoms with Gasteiger partial charge in [0.1, 0.15) is 0 Å². The van der Waals surface area contributed by atoms with Gasteiger partial charge in [-0.15, -0.1) is 5.76 Å². The van der Waals surface area contributed by atoms with Crippen molar-refractivity contribution >= 4 is 17.3 Å². The molecule has 0 aromatic rings. The molecule has 0 spiro atoms. The number of aliphatic hydroxyl groups excluding tert-OH is 2. The summed E-state index contributed by atoms with van der Waals surface area (Å²) in [5, 5.41) is 26.7. The summed E-state index contributed by atoms with van der Waals surface area (Å²) >= 11 is 0. The van der Waals surface area contributed by atoms with Crippen LogP contribution in [0.2, 0.25) is 0 Å². The Morgan fingerprint density at radius 1 is 0.682 bits per heavy atom. The van der Waals surface area contributed by atoms with Crippen LogP contribution in [0.25, 0.3) is 0 Å². The maximum atomic E-state index is 10.0. The standard InChI is InChI=1S/3C5H8O2.U/c3*1-4(6)3-5(2)7;/h3*3,6H,1-2H3;/p-1/b4-3+;2*4-3-;. The summed E-state index contributed by atoms with van der Waals surface area (Å²) in [6.45, 7) is 8.39. The number of ketones is 3. The summed E-state index contributed by atoms with van der Waals surface area (Å²) in [4.78, 5) is 30.0. The third kappa shape index (κ3) is 51.2. The van der Waals surface area contributed by atoms with E-state index in [2.05, 4.69) is 0 Å². The molecule has 22 heavy (non-hydrogen) atoms. The average molecular weight is 537 g/mol. The number of hydrogen-bond donors (Lipinski definition) is 2. The third-order valence-corrected chi connectivity index (χ3v) is 1.23. The summed E-state index contributed by atoms with van der Waals surface area (Å²) < 4.78 is 0. The minimum absolute atomic E-state index is 0. The van der Waals surface area contributed by atoms with Crippen molar-refractivity contribution < 1.29 is 60.8 Å². The van der Waals surface area contributed by atoms with Crippen LogP contribution in [-0.4, -0.2) is 27.6 Å². The Kier molecular flexibility index (Phi) is 23.2. The van der Waals surface area contributed by atoms with Gasteiger partial charge in [-0.05, 0) is 40.7 Å². The fourth-order valence-electron chi connectivity index (χ4n) is 0.875. The zero-order chi connectivity index (χ0) is 17.6. The second kappa shape index (κ2) is 17.7. The van der Waals surface area contributed by atoms with Crippen molar-refractivity contribution in [2.24, 2.45) is 0 Å². The molecule has 0 amide bonds. The van der Waals surface area contributed by atoms with Gasteiger partial charge in [-0.1, -0.05) is 6.92 Å². The van der Waals surface area contributed by atoms with Gasteiger partial charge in [0.05, 0.1) is 11.5 Å². The van der Waals surface area contributed by atoms with Crippen molar-refractivity contribution in [1.29, 1.82) is 0 Å². The molecule has 0 aliphatic carbocycles. The SMILES string of the molecule is CC(=O)/C=C(/C)O.CC(=O)/C=C(/C)[O-].CC(=O)/C=C(\C)O.[U]. The number of rotatable bonds is 3. The Bertz CT molecular complexity index is 368. The molecule has 0 heterocycles. The van der Waals surface area contributed by atoms with E-state index in [0.29, 0.717) is 0 Å².